The second-order valence-corrected chi connectivity index (χ2v) is 6.77. The number of carbonyl (C=O) groups is 1. The maximum atomic E-state index is 12.7. The number of carbonyl (C=O) groups excluding carboxylic acids is 1. The molecule has 2 aromatic rings. The van der Waals surface area contributed by atoms with E-state index in [1.807, 2.05) is 30.3 Å². The van der Waals surface area contributed by atoms with Crippen molar-refractivity contribution in [3.05, 3.63) is 53.6 Å². The molecule has 0 radical (unpaired) electrons. The minimum Gasteiger partial charge on any atom is -0.496 e. The fraction of sp³-hybridized carbons (Fsp3) is 0.316. The molecule has 0 aliphatic heterocycles. The molecular formula is C19H23O7P. The van der Waals surface area contributed by atoms with Crippen molar-refractivity contribution in [3.63, 3.8) is 0 Å². The third kappa shape index (κ3) is 5.57. The largest absolute Gasteiger partial charge is 0.496 e. The Bertz CT molecular complexity index is 767. The van der Waals surface area contributed by atoms with Crippen molar-refractivity contribution in [1.29, 1.82) is 0 Å². The quantitative estimate of drug-likeness (QED) is 0.446. The Kier molecular flexibility index (Phi) is 7.85. The first-order valence-corrected chi connectivity index (χ1v) is 9.52. The third-order valence-corrected chi connectivity index (χ3v) is 4.89. The zero-order valence-electron chi connectivity index (χ0n) is 15.7. The Morgan fingerprint density at radius 2 is 1.59 bits per heavy atom. The normalized spacial score (nSPS) is 12.9. The molecule has 27 heavy (non-hydrogen) atoms. The van der Waals surface area contributed by atoms with Crippen LogP contribution in [0.2, 0.25) is 0 Å². The molecule has 2 aromatic carbocycles. The van der Waals surface area contributed by atoms with Crippen LogP contribution in [0.1, 0.15) is 22.8 Å². The molecule has 2 atom stereocenters. The summed E-state index contributed by atoms with van der Waals surface area (Å²) in [4.78, 5) is 12.7. The molecule has 2 unspecified atom stereocenters. The van der Waals surface area contributed by atoms with Crippen molar-refractivity contribution < 1.29 is 32.8 Å². The van der Waals surface area contributed by atoms with Crippen LogP contribution >= 0.6 is 8.03 Å². The predicted octanol–water partition coefficient (Wildman–Crippen LogP) is 3.91. The zero-order valence-corrected chi connectivity index (χ0v) is 16.7. The van der Waals surface area contributed by atoms with E-state index in [-0.39, 0.29) is 23.7 Å². The highest BCUT2D eigenvalue weighted by atomic mass is 31.1. The van der Waals surface area contributed by atoms with Gasteiger partial charge in [-0.25, -0.2) is 0 Å². The van der Waals surface area contributed by atoms with Crippen LogP contribution in [-0.4, -0.2) is 33.1 Å². The average molecular weight is 394 g/mol. The molecule has 0 fully saturated rings. The second kappa shape index (κ2) is 10.1. The molecule has 146 valence electrons. The summed E-state index contributed by atoms with van der Waals surface area (Å²) in [5, 5.41) is 0. The van der Waals surface area contributed by atoms with Gasteiger partial charge in [-0.15, -0.1) is 0 Å². The van der Waals surface area contributed by atoms with Crippen LogP contribution in [0.5, 0.6) is 17.2 Å². The number of hydrogen-bond donors (Lipinski definition) is 0. The smallest absolute Gasteiger partial charge is 0.262 e. The molecule has 7 nitrogen and oxygen atoms in total. The van der Waals surface area contributed by atoms with Crippen molar-refractivity contribution in [3.8, 4) is 17.2 Å². The molecule has 0 heterocycles. The Morgan fingerprint density at radius 1 is 1.00 bits per heavy atom. The lowest BCUT2D eigenvalue weighted by Gasteiger charge is -2.16. The first kappa shape index (κ1) is 21.0. The van der Waals surface area contributed by atoms with E-state index in [0.29, 0.717) is 5.75 Å². The van der Waals surface area contributed by atoms with Crippen molar-refractivity contribution >= 4 is 13.6 Å². The molecule has 0 amide bonds. The molecular weight excluding hydrogens is 371 g/mol. The van der Waals surface area contributed by atoms with Gasteiger partial charge in [-0.2, -0.15) is 0 Å². The van der Waals surface area contributed by atoms with Crippen LogP contribution in [0.25, 0.3) is 0 Å². The molecule has 0 aromatic heterocycles. The fourth-order valence-electron chi connectivity index (χ4n) is 2.36. The van der Waals surface area contributed by atoms with Crippen LogP contribution in [-0.2, 0) is 20.4 Å². The monoisotopic (exact) mass is 394 g/mol. The van der Waals surface area contributed by atoms with Crippen LogP contribution in [0, 0.1) is 0 Å². The molecule has 0 saturated heterocycles. The van der Waals surface area contributed by atoms with E-state index in [0.717, 1.165) is 5.56 Å². The van der Waals surface area contributed by atoms with E-state index in [2.05, 4.69) is 0 Å². The lowest BCUT2D eigenvalue weighted by Crippen LogP contribution is -2.11. The van der Waals surface area contributed by atoms with Crippen LogP contribution in [0.3, 0.4) is 0 Å². The summed E-state index contributed by atoms with van der Waals surface area (Å²) in [5.41, 5.74) is 0.268. The molecule has 0 N–H and O–H groups in total. The average Bonchev–Trinajstić information content (AvgIpc) is 2.71. The van der Waals surface area contributed by atoms with E-state index >= 15 is 0 Å². The van der Waals surface area contributed by atoms with Gasteiger partial charge in [-0.05, 0) is 12.5 Å². The van der Waals surface area contributed by atoms with E-state index < -0.39 is 19.8 Å². The Hall–Kier alpha value is -2.34. The van der Waals surface area contributed by atoms with Crippen molar-refractivity contribution in [2.75, 3.05) is 21.3 Å². The van der Waals surface area contributed by atoms with Gasteiger partial charge in [-0.3, -0.25) is 13.9 Å². The van der Waals surface area contributed by atoms with E-state index in [1.54, 1.807) is 6.92 Å². The van der Waals surface area contributed by atoms with Gasteiger partial charge >= 0.3 is 0 Å². The standard InChI is InChI=1S/C19H23O7P/c1-13(25-12-14-8-6-5-7-9-14)26-27(21)19(20)18-16(23-3)10-15(22-2)11-17(18)24-4/h5-11,13,27H,12H2,1-4H3. The summed E-state index contributed by atoms with van der Waals surface area (Å²) in [6, 6.07) is 12.5. The van der Waals surface area contributed by atoms with Crippen molar-refractivity contribution in [2.24, 2.45) is 0 Å². The highest BCUT2D eigenvalue weighted by Crippen LogP contribution is 2.41. The first-order valence-electron chi connectivity index (χ1n) is 8.21. The lowest BCUT2D eigenvalue weighted by molar-refractivity contribution is -0.0711. The topological polar surface area (TPSA) is 80.3 Å². The van der Waals surface area contributed by atoms with Gasteiger partial charge in [0.25, 0.3) is 13.6 Å². The van der Waals surface area contributed by atoms with E-state index in [9.17, 15) is 9.36 Å². The van der Waals surface area contributed by atoms with Crippen LogP contribution in [0.15, 0.2) is 42.5 Å². The van der Waals surface area contributed by atoms with Gasteiger partial charge in [-0.1, -0.05) is 30.3 Å². The van der Waals surface area contributed by atoms with E-state index in [4.69, 9.17) is 23.5 Å². The summed E-state index contributed by atoms with van der Waals surface area (Å²) in [6.45, 7) is 1.86. The predicted molar refractivity (Wildman–Crippen MR) is 101 cm³/mol. The van der Waals surface area contributed by atoms with Gasteiger partial charge in [0.1, 0.15) is 22.8 Å². The molecule has 0 spiro atoms. The Balaban J connectivity index is 2.09. The number of ether oxygens (including phenoxy) is 4. The van der Waals surface area contributed by atoms with E-state index in [1.165, 1.54) is 33.5 Å². The fourth-order valence-corrected chi connectivity index (χ4v) is 3.28. The first-order chi connectivity index (χ1) is 13.0. The van der Waals surface area contributed by atoms with Gasteiger partial charge in [0.2, 0.25) is 0 Å². The molecule has 8 heteroatoms. The number of benzene rings is 2. The highest BCUT2D eigenvalue weighted by molar-refractivity contribution is 7.60. The highest BCUT2D eigenvalue weighted by Gasteiger charge is 2.26. The SMILES string of the molecule is COc1cc(OC)c(C(=O)[PH](=O)OC(C)OCc2ccccc2)c(OC)c1. The molecule has 2 rings (SSSR count). The molecule has 0 saturated carbocycles. The second-order valence-electron chi connectivity index (χ2n) is 5.51. The molecule has 0 aliphatic carbocycles. The summed E-state index contributed by atoms with van der Waals surface area (Å²) < 4.78 is 38.8. The lowest BCUT2D eigenvalue weighted by atomic mass is 10.2. The van der Waals surface area contributed by atoms with Crippen molar-refractivity contribution in [2.45, 2.75) is 19.8 Å². The molecule has 0 bridgehead atoms. The third-order valence-electron chi connectivity index (χ3n) is 3.73. The Labute approximate surface area is 159 Å². The van der Waals surface area contributed by atoms with Crippen LogP contribution in [0.4, 0.5) is 0 Å². The Morgan fingerprint density at radius 3 is 2.11 bits per heavy atom. The van der Waals surface area contributed by atoms with Crippen LogP contribution < -0.4 is 14.2 Å². The number of hydrogen-bond acceptors (Lipinski definition) is 7. The zero-order chi connectivity index (χ0) is 19.8. The summed E-state index contributed by atoms with van der Waals surface area (Å²) in [7, 11) is 1.15. The minimum atomic E-state index is -3.12. The van der Waals surface area contributed by atoms with Gasteiger partial charge in [0, 0.05) is 12.1 Å². The van der Waals surface area contributed by atoms with Crippen molar-refractivity contribution in [1.82, 2.24) is 0 Å². The van der Waals surface area contributed by atoms with Gasteiger partial charge in [0.05, 0.1) is 27.9 Å². The number of rotatable bonds is 10. The summed E-state index contributed by atoms with van der Waals surface area (Å²) in [6.07, 6.45) is -0.823. The molecule has 0 aliphatic rings. The van der Waals surface area contributed by atoms with Gasteiger partial charge in [0.15, 0.2) is 6.29 Å². The summed E-state index contributed by atoms with van der Waals surface area (Å²) in [5.74, 6) is 0.826. The summed E-state index contributed by atoms with van der Waals surface area (Å²) >= 11 is 0. The maximum Gasteiger partial charge on any atom is 0.262 e. The van der Waals surface area contributed by atoms with Gasteiger partial charge < -0.3 is 18.9 Å². The number of methoxy groups -OCH3 is 3. The minimum absolute atomic E-state index is 0.0416. The maximum absolute atomic E-state index is 12.7.